The molecular weight excluding hydrogens is 228 g/mol. The van der Waals surface area contributed by atoms with Crippen molar-refractivity contribution < 1.29 is 9.53 Å². The molecule has 0 fully saturated rings. The lowest BCUT2D eigenvalue weighted by Crippen LogP contribution is -2.16. The third-order valence-electron chi connectivity index (χ3n) is 2.68. The zero-order valence-electron chi connectivity index (χ0n) is 10.8. The van der Waals surface area contributed by atoms with Crippen molar-refractivity contribution in [2.24, 2.45) is 5.41 Å². The number of nitriles is 1. The summed E-state index contributed by atoms with van der Waals surface area (Å²) < 4.78 is 5.09. The number of nitrogens with two attached hydrogens (primary N) is 1. The summed E-state index contributed by atoms with van der Waals surface area (Å²) in [4.78, 5) is 11.6. The first kappa shape index (κ1) is 14.0. The van der Waals surface area contributed by atoms with Gasteiger partial charge in [0.05, 0.1) is 24.5 Å². The van der Waals surface area contributed by atoms with Gasteiger partial charge in [0.25, 0.3) is 0 Å². The number of nitrogen functional groups attached to an aromatic ring is 1. The lowest BCUT2D eigenvalue weighted by molar-refractivity contribution is -0.143. The summed E-state index contributed by atoms with van der Waals surface area (Å²) in [5.41, 5.74) is 6.63. The summed E-state index contributed by atoms with van der Waals surface area (Å²) in [6, 6.07) is 9.37. The molecule has 96 valence electrons. The minimum absolute atomic E-state index is 0.166. The topological polar surface area (TPSA) is 76.1 Å². The number of rotatable bonds is 5. The number of ether oxygens (including phenoxy) is 1. The molecule has 0 bridgehead atoms. The minimum Gasteiger partial charge on any atom is -0.465 e. The summed E-state index contributed by atoms with van der Waals surface area (Å²) in [6.07, 6.45) is 0.694. The van der Waals surface area contributed by atoms with Gasteiger partial charge in [0, 0.05) is 5.69 Å². The van der Waals surface area contributed by atoms with Crippen LogP contribution in [-0.4, -0.2) is 12.6 Å². The summed E-state index contributed by atoms with van der Waals surface area (Å²) in [7, 11) is 0. The molecule has 1 rings (SSSR count). The van der Waals surface area contributed by atoms with Crippen molar-refractivity contribution in [2.75, 3.05) is 12.3 Å². The zero-order chi connectivity index (χ0) is 13.6. The van der Waals surface area contributed by atoms with Crippen LogP contribution in [0.25, 0.3) is 0 Å². The Balaban J connectivity index is 2.40. The van der Waals surface area contributed by atoms with Gasteiger partial charge in [-0.05, 0) is 31.9 Å². The number of nitrogens with zero attached hydrogens (tertiary/aromatic N) is 1. The molecule has 4 heteroatoms. The van der Waals surface area contributed by atoms with Gasteiger partial charge >= 0.3 is 5.97 Å². The summed E-state index contributed by atoms with van der Waals surface area (Å²) in [5, 5.41) is 8.82. The third-order valence-corrected chi connectivity index (χ3v) is 2.68. The molecule has 2 N–H and O–H groups in total. The molecule has 0 aliphatic rings. The van der Waals surface area contributed by atoms with E-state index < -0.39 is 5.41 Å². The first-order chi connectivity index (χ1) is 8.44. The number of carbonyl (C=O) groups is 1. The molecule has 0 aliphatic carbocycles. The standard InChI is InChI=1S/C14H18N2O2/c1-14(2,10-15)7-8-18-13(17)9-11-5-3-4-6-12(11)16/h3-6H,7-9,16H2,1-2H3. The maximum atomic E-state index is 11.6. The summed E-state index contributed by atoms with van der Waals surface area (Å²) in [5.74, 6) is -0.318. The monoisotopic (exact) mass is 246 g/mol. The van der Waals surface area contributed by atoms with Gasteiger partial charge in [-0.1, -0.05) is 18.2 Å². The van der Waals surface area contributed by atoms with E-state index in [1.165, 1.54) is 0 Å². The molecule has 0 heterocycles. The molecule has 0 saturated carbocycles. The molecule has 1 aromatic carbocycles. The van der Waals surface area contributed by atoms with Crippen LogP contribution in [0.2, 0.25) is 0 Å². The second-order valence-electron chi connectivity index (χ2n) is 4.84. The second-order valence-corrected chi connectivity index (χ2v) is 4.84. The van der Waals surface area contributed by atoms with E-state index in [1.807, 2.05) is 26.0 Å². The lowest BCUT2D eigenvalue weighted by Gasteiger charge is -2.14. The van der Waals surface area contributed by atoms with Crippen molar-refractivity contribution in [1.29, 1.82) is 5.26 Å². The van der Waals surface area contributed by atoms with E-state index in [0.717, 1.165) is 5.56 Å². The smallest absolute Gasteiger partial charge is 0.310 e. The lowest BCUT2D eigenvalue weighted by atomic mass is 9.92. The van der Waals surface area contributed by atoms with E-state index in [4.69, 9.17) is 15.7 Å². The number of anilines is 1. The van der Waals surface area contributed by atoms with Crippen LogP contribution in [0.4, 0.5) is 5.69 Å². The van der Waals surface area contributed by atoms with Crippen LogP contribution < -0.4 is 5.73 Å². The SMILES string of the molecule is CC(C)(C#N)CCOC(=O)Cc1ccccc1N. The van der Waals surface area contributed by atoms with Crippen molar-refractivity contribution >= 4 is 11.7 Å². The third kappa shape index (κ3) is 4.46. The Labute approximate surface area is 107 Å². The Morgan fingerprint density at radius 3 is 2.72 bits per heavy atom. The second kappa shape index (κ2) is 6.06. The largest absolute Gasteiger partial charge is 0.465 e. The Morgan fingerprint density at radius 2 is 2.11 bits per heavy atom. The van der Waals surface area contributed by atoms with Crippen LogP contribution in [0, 0.1) is 16.7 Å². The van der Waals surface area contributed by atoms with Crippen LogP contribution >= 0.6 is 0 Å². The van der Waals surface area contributed by atoms with Crippen LogP contribution in [0.15, 0.2) is 24.3 Å². The molecule has 0 spiro atoms. The molecule has 0 atom stereocenters. The van der Waals surface area contributed by atoms with Crippen molar-refractivity contribution in [1.82, 2.24) is 0 Å². The van der Waals surface area contributed by atoms with Crippen LogP contribution in [0.5, 0.6) is 0 Å². The van der Waals surface area contributed by atoms with E-state index in [9.17, 15) is 4.79 Å². The van der Waals surface area contributed by atoms with Crippen molar-refractivity contribution in [2.45, 2.75) is 26.7 Å². The Kier molecular flexibility index (Phi) is 4.73. The van der Waals surface area contributed by atoms with Crippen LogP contribution in [0.1, 0.15) is 25.8 Å². The van der Waals surface area contributed by atoms with Gasteiger partial charge in [-0.25, -0.2) is 0 Å². The number of benzene rings is 1. The highest BCUT2D eigenvalue weighted by Gasteiger charge is 2.17. The van der Waals surface area contributed by atoms with Gasteiger partial charge in [0.2, 0.25) is 0 Å². The van der Waals surface area contributed by atoms with Crippen LogP contribution in [0.3, 0.4) is 0 Å². The zero-order valence-corrected chi connectivity index (χ0v) is 10.8. The highest BCUT2D eigenvalue weighted by molar-refractivity contribution is 5.74. The van der Waals surface area contributed by atoms with E-state index in [-0.39, 0.29) is 19.0 Å². The fourth-order valence-electron chi connectivity index (χ4n) is 1.38. The van der Waals surface area contributed by atoms with E-state index in [2.05, 4.69) is 6.07 Å². The molecule has 0 saturated heterocycles. The Hall–Kier alpha value is -2.02. The van der Waals surface area contributed by atoms with Gasteiger partial charge in [-0.15, -0.1) is 0 Å². The maximum Gasteiger partial charge on any atom is 0.310 e. The molecule has 0 radical (unpaired) electrons. The highest BCUT2D eigenvalue weighted by atomic mass is 16.5. The number of hydrogen-bond donors (Lipinski definition) is 1. The molecule has 0 amide bonds. The van der Waals surface area contributed by atoms with E-state index in [0.29, 0.717) is 12.1 Å². The fourth-order valence-corrected chi connectivity index (χ4v) is 1.38. The molecule has 0 aromatic heterocycles. The first-order valence-corrected chi connectivity index (χ1v) is 5.85. The van der Waals surface area contributed by atoms with Gasteiger partial charge < -0.3 is 10.5 Å². The average Bonchev–Trinajstić information content (AvgIpc) is 2.32. The maximum absolute atomic E-state index is 11.6. The summed E-state index contributed by atoms with van der Waals surface area (Å²) >= 11 is 0. The highest BCUT2D eigenvalue weighted by Crippen LogP contribution is 2.18. The molecular formula is C14H18N2O2. The van der Waals surface area contributed by atoms with Crippen LogP contribution in [-0.2, 0) is 16.0 Å². The predicted molar refractivity (Wildman–Crippen MR) is 69.5 cm³/mol. The number of para-hydroxylation sites is 1. The van der Waals surface area contributed by atoms with Gasteiger partial charge in [0.15, 0.2) is 0 Å². The summed E-state index contributed by atoms with van der Waals surface area (Å²) in [6.45, 7) is 3.89. The number of carbonyl (C=O) groups excluding carboxylic acids is 1. The van der Waals surface area contributed by atoms with Gasteiger partial charge in [-0.3, -0.25) is 4.79 Å². The Bertz CT molecular complexity index is 461. The molecule has 1 aromatic rings. The molecule has 0 aliphatic heterocycles. The van der Waals surface area contributed by atoms with E-state index >= 15 is 0 Å². The first-order valence-electron chi connectivity index (χ1n) is 5.85. The quantitative estimate of drug-likeness (QED) is 0.638. The average molecular weight is 246 g/mol. The van der Waals surface area contributed by atoms with Gasteiger partial charge in [0.1, 0.15) is 0 Å². The van der Waals surface area contributed by atoms with Crippen molar-refractivity contribution in [3.05, 3.63) is 29.8 Å². The van der Waals surface area contributed by atoms with Crippen molar-refractivity contribution in [3.8, 4) is 6.07 Å². The van der Waals surface area contributed by atoms with Gasteiger partial charge in [-0.2, -0.15) is 5.26 Å². The van der Waals surface area contributed by atoms with Crippen molar-refractivity contribution in [3.63, 3.8) is 0 Å². The number of hydrogen-bond acceptors (Lipinski definition) is 4. The predicted octanol–water partition coefficient (Wildman–Crippen LogP) is 2.29. The van der Waals surface area contributed by atoms with E-state index in [1.54, 1.807) is 12.1 Å². The number of esters is 1. The molecule has 18 heavy (non-hydrogen) atoms. The fraction of sp³-hybridized carbons (Fsp3) is 0.429. The Morgan fingerprint density at radius 1 is 1.44 bits per heavy atom. The molecule has 4 nitrogen and oxygen atoms in total. The minimum atomic E-state index is -0.466. The normalized spacial score (nSPS) is 10.7. The molecule has 0 unspecified atom stereocenters.